The minimum absolute atomic E-state index is 0.451. The maximum atomic E-state index is 4.65. The predicted molar refractivity (Wildman–Crippen MR) is 108 cm³/mol. The Morgan fingerprint density at radius 3 is 2.40 bits per heavy atom. The Morgan fingerprint density at radius 2 is 1.68 bits per heavy atom. The Bertz CT molecular complexity index is 630. The van der Waals surface area contributed by atoms with E-state index >= 15 is 0 Å². The van der Waals surface area contributed by atoms with Crippen LogP contribution < -0.4 is 0 Å². The molecule has 0 bridgehead atoms. The van der Waals surface area contributed by atoms with Crippen molar-refractivity contribution >= 4 is 5.71 Å². The van der Waals surface area contributed by atoms with Gasteiger partial charge in [-0.3, -0.25) is 4.99 Å². The molecule has 1 heteroatoms. The highest BCUT2D eigenvalue weighted by molar-refractivity contribution is 5.85. The van der Waals surface area contributed by atoms with E-state index in [-0.39, 0.29) is 0 Å². The average molecular weight is 342 g/mol. The zero-order valence-electron chi connectivity index (χ0n) is 17.5. The maximum Gasteiger partial charge on any atom is 0.0276 e. The van der Waals surface area contributed by atoms with Crippen LogP contribution in [0, 0.1) is 33.5 Å². The lowest BCUT2D eigenvalue weighted by atomic mass is 9.36. The summed E-state index contributed by atoms with van der Waals surface area (Å²) in [5.41, 5.74) is 5.14. The molecule has 1 nitrogen and oxygen atoms in total. The molecule has 4 aliphatic rings. The number of fused-ring (bicyclic) bond motifs is 5. The van der Waals surface area contributed by atoms with Crippen LogP contribution in [0.1, 0.15) is 92.4 Å². The Labute approximate surface area is 155 Å². The molecule has 0 saturated heterocycles. The molecule has 0 N–H and O–H groups in total. The molecular formula is C24H39N. The van der Waals surface area contributed by atoms with E-state index < -0.39 is 0 Å². The maximum absolute atomic E-state index is 4.65. The van der Waals surface area contributed by atoms with Crippen LogP contribution in [0.15, 0.2) is 16.6 Å². The number of aliphatic imine (C=N–C) groups is 1. The first kappa shape index (κ1) is 17.8. The van der Waals surface area contributed by atoms with Gasteiger partial charge < -0.3 is 0 Å². The normalized spacial score (nSPS) is 52.9. The van der Waals surface area contributed by atoms with Gasteiger partial charge in [0, 0.05) is 18.7 Å². The smallest absolute Gasteiger partial charge is 0.0276 e. The lowest BCUT2D eigenvalue weighted by molar-refractivity contribution is -0.160. The summed E-state index contributed by atoms with van der Waals surface area (Å²) in [5, 5.41) is 0. The third kappa shape index (κ3) is 1.99. The second-order valence-corrected chi connectivity index (χ2v) is 10.8. The van der Waals surface area contributed by atoms with Gasteiger partial charge in [-0.1, -0.05) is 39.3 Å². The van der Waals surface area contributed by atoms with Crippen molar-refractivity contribution in [1.82, 2.24) is 0 Å². The molecule has 0 radical (unpaired) electrons. The van der Waals surface area contributed by atoms with Crippen LogP contribution in [0.2, 0.25) is 0 Å². The number of hydrogen-bond donors (Lipinski definition) is 0. The molecule has 0 aromatic rings. The zero-order valence-corrected chi connectivity index (χ0v) is 17.5. The highest BCUT2D eigenvalue weighted by Gasteiger charge is 2.68. The first-order chi connectivity index (χ1) is 11.7. The van der Waals surface area contributed by atoms with Crippen molar-refractivity contribution in [1.29, 1.82) is 0 Å². The molecule has 3 saturated carbocycles. The second kappa shape index (κ2) is 5.46. The molecule has 0 spiro atoms. The number of rotatable bonds is 1. The molecule has 3 fully saturated rings. The van der Waals surface area contributed by atoms with Crippen molar-refractivity contribution in [3.05, 3.63) is 11.6 Å². The summed E-state index contributed by atoms with van der Waals surface area (Å²) in [4.78, 5) is 4.65. The Balaban J connectivity index is 1.78. The van der Waals surface area contributed by atoms with Crippen molar-refractivity contribution in [2.45, 2.75) is 92.4 Å². The Kier molecular flexibility index (Phi) is 3.89. The summed E-state index contributed by atoms with van der Waals surface area (Å²) >= 11 is 0. The van der Waals surface area contributed by atoms with Crippen LogP contribution in [0.3, 0.4) is 0 Å². The molecule has 6 atom stereocenters. The molecule has 25 heavy (non-hydrogen) atoms. The molecule has 6 unspecified atom stereocenters. The molecule has 0 aromatic carbocycles. The van der Waals surface area contributed by atoms with Gasteiger partial charge in [0.15, 0.2) is 0 Å². The number of nitrogens with zero attached hydrogens (tertiary/aromatic N) is 1. The van der Waals surface area contributed by atoms with E-state index in [9.17, 15) is 0 Å². The largest absolute Gasteiger partial charge is 0.297 e. The van der Waals surface area contributed by atoms with Crippen LogP contribution in [0.5, 0.6) is 0 Å². The molecule has 4 rings (SSSR count). The summed E-state index contributed by atoms with van der Waals surface area (Å²) in [6, 6.07) is 0. The van der Waals surface area contributed by atoms with Crippen LogP contribution >= 0.6 is 0 Å². The molecule has 140 valence electrons. The summed E-state index contributed by atoms with van der Waals surface area (Å²) in [6.45, 7) is 12.9. The highest BCUT2D eigenvalue weighted by atomic mass is 14.8. The molecule has 0 aliphatic heterocycles. The standard InChI is InChI=1S/C24H39N/c1-17(25-6)19-12-14-23(4)20-11-10-18-9-7-8-13-21(18,2)24(20,5)16-15-22(19,23)3/h9,19-20H,7-8,10-16H2,1-6H3. The van der Waals surface area contributed by atoms with Crippen LogP contribution in [-0.4, -0.2) is 12.8 Å². The van der Waals surface area contributed by atoms with E-state index in [1.165, 1.54) is 63.5 Å². The van der Waals surface area contributed by atoms with Crippen molar-refractivity contribution in [3.63, 3.8) is 0 Å². The summed E-state index contributed by atoms with van der Waals surface area (Å²) < 4.78 is 0. The topological polar surface area (TPSA) is 12.4 Å². The van der Waals surface area contributed by atoms with Crippen molar-refractivity contribution in [3.8, 4) is 0 Å². The van der Waals surface area contributed by atoms with E-state index in [1.807, 2.05) is 12.6 Å². The molecule has 0 amide bonds. The van der Waals surface area contributed by atoms with E-state index in [0.29, 0.717) is 27.6 Å². The number of hydrogen-bond acceptors (Lipinski definition) is 1. The lowest BCUT2D eigenvalue weighted by Crippen LogP contribution is -2.61. The third-order valence-corrected chi connectivity index (χ3v) is 10.5. The Hall–Kier alpha value is -0.590. The minimum atomic E-state index is 0.451. The fraction of sp³-hybridized carbons (Fsp3) is 0.875. The van der Waals surface area contributed by atoms with Crippen molar-refractivity contribution in [2.75, 3.05) is 7.05 Å². The first-order valence-electron chi connectivity index (χ1n) is 10.9. The van der Waals surface area contributed by atoms with Crippen molar-refractivity contribution in [2.24, 2.45) is 38.5 Å². The lowest BCUT2D eigenvalue weighted by Gasteiger charge is -2.68. The predicted octanol–water partition coefficient (Wildman–Crippen LogP) is 6.83. The van der Waals surface area contributed by atoms with E-state index in [2.05, 4.69) is 45.7 Å². The second-order valence-electron chi connectivity index (χ2n) is 10.8. The monoisotopic (exact) mass is 341 g/mol. The van der Waals surface area contributed by atoms with E-state index in [4.69, 9.17) is 0 Å². The Morgan fingerprint density at radius 1 is 0.960 bits per heavy atom. The first-order valence-corrected chi connectivity index (χ1v) is 10.9. The zero-order chi connectivity index (χ0) is 18.1. The van der Waals surface area contributed by atoms with E-state index in [1.54, 1.807) is 0 Å². The molecule has 4 aliphatic carbocycles. The van der Waals surface area contributed by atoms with E-state index in [0.717, 1.165) is 5.92 Å². The van der Waals surface area contributed by atoms with Crippen LogP contribution in [0.4, 0.5) is 0 Å². The SMILES string of the molecule is CN=C(C)C1CCC2(C)C3CCC4=CCCCC4(C)C3(C)CCC12C. The molecular weight excluding hydrogens is 302 g/mol. The van der Waals surface area contributed by atoms with Gasteiger partial charge in [0.05, 0.1) is 0 Å². The average Bonchev–Trinajstić information content (AvgIpc) is 2.87. The summed E-state index contributed by atoms with van der Waals surface area (Å²) in [5.74, 6) is 1.59. The van der Waals surface area contributed by atoms with Gasteiger partial charge in [-0.25, -0.2) is 0 Å². The fourth-order valence-electron chi connectivity index (χ4n) is 8.45. The minimum Gasteiger partial charge on any atom is -0.297 e. The molecule has 0 heterocycles. The van der Waals surface area contributed by atoms with Crippen molar-refractivity contribution < 1.29 is 0 Å². The number of allylic oxidation sites excluding steroid dienone is 2. The highest BCUT2D eigenvalue weighted by Crippen LogP contribution is 2.76. The summed E-state index contributed by atoms with van der Waals surface area (Å²) in [7, 11) is 2.00. The van der Waals surface area contributed by atoms with Gasteiger partial charge in [0.25, 0.3) is 0 Å². The summed E-state index contributed by atoms with van der Waals surface area (Å²) in [6.07, 6.45) is 15.2. The third-order valence-electron chi connectivity index (χ3n) is 10.5. The van der Waals surface area contributed by atoms with Gasteiger partial charge in [0.1, 0.15) is 0 Å². The van der Waals surface area contributed by atoms with Crippen LogP contribution in [-0.2, 0) is 0 Å². The van der Waals surface area contributed by atoms with Crippen LogP contribution in [0.25, 0.3) is 0 Å². The van der Waals surface area contributed by atoms with Gasteiger partial charge in [-0.2, -0.15) is 0 Å². The van der Waals surface area contributed by atoms with Gasteiger partial charge in [0.2, 0.25) is 0 Å². The quantitative estimate of drug-likeness (QED) is 0.366. The fourth-order valence-corrected chi connectivity index (χ4v) is 8.45. The molecule has 0 aromatic heterocycles. The van der Waals surface area contributed by atoms with Gasteiger partial charge in [-0.15, -0.1) is 0 Å². The van der Waals surface area contributed by atoms with Gasteiger partial charge in [-0.05, 0) is 92.3 Å². The van der Waals surface area contributed by atoms with Gasteiger partial charge >= 0.3 is 0 Å².